The summed E-state index contributed by atoms with van der Waals surface area (Å²) < 4.78 is 0.813. The first-order chi connectivity index (χ1) is 9.24. The van der Waals surface area contributed by atoms with Gasteiger partial charge in [-0.1, -0.05) is 29.8 Å². The maximum atomic E-state index is 5.88. The number of benzene rings is 1. The Bertz CT molecular complexity index is 740. The first kappa shape index (κ1) is 12.4. The van der Waals surface area contributed by atoms with Crippen LogP contribution in [-0.4, -0.2) is 9.97 Å². The van der Waals surface area contributed by atoms with Crippen LogP contribution in [-0.2, 0) is 0 Å². The number of hydrogen-bond donors (Lipinski definition) is 1. The molecule has 0 bridgehead atoms. The van der Waals surface area contributed by atoms with Crippen LogP contribution in [0.1, 0.15) is 0 Å². The van der Waals surface area contributed by atoms with E-state index in [9.17, 15) is 0 Å². The lowest BCUT2D eigenvalue weighted by molar-refractivity contribution is 1.29. The van der Waals surface area contributed by atoms with Gasteiger partial charge in [-0.15, -0.1) is 0 Å². The standard InChI is InChI=1S/C14H9BrClN3/c15-11-7-10(16)8-18-14(11)19-12-5-1-3-9-4-2-6-17-13(9)12/h1-8H,(H,18,19). The summed E-state index contributed by atoms with van der Waals surface area (Å²) in [5.41, 5.74) is 1.82. The molecule has 3 nitrogen and oxygen atoms in total. The molecule has 94 valence electrons. The highest BCUT2D eigenvalue weighted by Crippen LogP contribution is 2.29. The van der Waals surface area contributed by atoms with Gasteiger partial charge in [0.05, 0.1) is 20.7 Å². The average Bonchev–Trinajstić information content (AvgIpc) is 2.42. The first-order valence-electron chi connectivity index (χ1n) is 5.66. The van der Waals surface area contributed by atoms with Crippen molar-refractivity contribution in [3.8, 4) is 0 Å². The molecule has 0 saturated carbocycles. The molecule has 5 heteroatoms. The number of para-hydroxylation sites is 1. The predicted molar refractivity (Wildman–Crippen MR) is 82.0 cm³/mol. The number of halogens is 2. The number of aromatic nitrogens is 2. The molecule has 0 amide bonds. The van der Waals surface area contributed by atoms with Gasteiger partial charge in [0.15, 0.2) is 0 Å². The Morgan fingerprint density at radius 3 is 2.79 bits per heavy atom. The highest BCUT2D eigenvalue weighted by atomic mass is 79.9. The van der Waals surface area contributed by atoms with Crippen LogP contribution >= 0.6 is 27.5 Å². The number of pyridine rings is 2. The van der Waals surface area contributed by atoms with Crippen LogP contribution in [0.2, 0.25) is 5.02 Å². The van der Waals surface area contributed by atoms with E-state index in [0.717, 1.165) is 21.1 Å². The van der Waals surface area contributed by atoms with E-state index >= 15 is 0 Å². The molecule has 0 atom stereocenters. The van der Waals surface area contributed by atoms with Crippen LogP contribution in [0.3, 0.4) is 0 Å². The molecule has 2 heterocycles. The van der Waals surface area contributed by atoms with E-state index in [2.05, 4.69) is 31.2 Å². The van der Waals surface area contributed by atoms with Crippen molar-refractivity contribution in [1.82, 2.24) is 9.97 Å². The smallest absolute Gasteiger partial charge is 0.144 e. The van der Waals surface area contributed by atoms with Crippen LogP contribution < -0.4 is 5.32 Å². The Kier molecular flexibility index (Phi) is 3.36. The summed E-state index contributed by atoms with van der Waals surface area (Å²) in [4.78, 5) is 8.66. The van der Waals surface area contributed by atoms with Crippen LogP contribution in [0.5, 0.6) is 0 Å². The minimum absolute atomic E-state index is 0.591. The van der Waals surface area contributed by atoms with E-state index in [1.165, 1.54) is 0 Å². The summed E-state index contributed by atoms with van der Waals surface area (Å²) in [5.74, 6) is 0.711. The van der Waals surface area contributed by atoms with Gasteiger partial charge in [0.2, 0.25) is 0 Å². The summed E-state index contributed by atoms with van der Waals surface area (Å²) in [6.45, 7) is 0. The van der Waals surface area contributed by atoms with Crippen molar-refractivity contribution in [3.63, 3.8) is 0 Å². The molecule has 2 aromatic heterocycles. The zero-order valence-electron chi connectivity index (χ0n) is 9.77. The maximum absolute atomic E-state index is 5.88. The monoisotopic (exact) mass is 333 g/mol. The van der Waals surface area contributed by atoms with Crippen LogP contribution in [0.15, 0.2) is 53.3 Å². The molecule has 3 rings (SSSR count). The van der Waals surface area contributed by atoms with Crippen LogP contribution in [0.25, 0.3) is 10.9 Å². The Labute approximate surface area is 123 Å². The lowest BCUT2D eigenvalue weighted by Gasteiger charge is -2.09. The fourth-order valence-corrected chi connectivity index (χ4v) is 2.58. The molecule has 1 aromatic carbocycles. The van der Waals surface area contributed by atoms with Crippen molar-refractivity contribution in [3.05, 3.63) is 58.3 Å². The molecular formula is C14H9BrClN3. The van der Waals surface area contributed by atoms with Crippen LogP contribution in [0.4, 0.5) is 11.5 Å². The lowest BCUT2D eigenvalue weighted by Crippen LogP contribution is -1.96. The Hall–Kier alpha value is -1.65. The second-order valence-electron chi connectivity index (χ2n) is 3.99. The number of hydrogen-bond acceptors (Lipinski definition) is 3. The van der Waals surface area contributed by atoms with Gasteiger partial charge in [-0.2, -0.15) is 0 Å². The molecule has 0 radical (unpaired) electrons. The van der Waals surface area contributed by atoms with Gasteiger partial charge < -0.3 is 5.32 Å². The molecule has 19 heavy (non-hydrogen) atoms. The quantitative estimate of drug-likeness (QED) is 0.732. The number of anilines is 2. The van der Waals surface area contributed by atoms with Crippen molar-refractivity contribution in [2.24, 2.45) is 0 Å². The van der Waals surface area contributed by atoms with Gasteiger partial charge in [0, 0.05) is 17.8 Å². The highest BCUT2D eigenvalue weighted by Gasteiger charge is 2.06. The SMILES string of the molecule is Clc1cnc(Nc2cccc3cccnc23)c(Br)c1. The summed E-state index contributed by atoms with van der Waals surface area (Å²) in [7, 11) is 0. The zero-order valence-corrected chi connectivity index (χ0v) is 12.1. The molecule has 0 unspecified atom stereocenters. The molecule has 0 saturated heterocycles. The van der Waals surface area contributed by atoms with Crippen LogP contribution in [0, 0.1) is 0 Å². The minimum atomic E-state index is 0.591. The van der Waals surface area contributed by atoms with E-state index in [1.807, 2.05) is 30.3 Å². The maximum Gasteiger partial charge on any atom is 0.144 e. The largest absolute Gasteiger partial charge is 0.338 e. The van der Waals surface area contributed by atoms with Crippen molar-refractivity contribution >= 4 is 49.9 Å². The Morgan fingerprint density at radius 2 is 1.95 bits per heavy atom. The minimum Gasteiger partial charge on any atom is -0.338 e. The molecule has 3 aromatic rings. The summed E-state index contributed by atoms with van der Waals surface area (Å²) in [6, 6.07) is 11.7. The van der Waals surface area contributed by atoms with E-state index < -0.39 is 0 Å². The van der Waals surface area contributed by atoms with Gasteiger partial charge >= 0.3 is 0 Å². The lowest BCUT2D eigenvalue weighted by atomic mass is 10.2. The van der Waals surface area contributed by atoms with Crippen molar-refractivity contribution in [2.45, 2.75) is 0 Å². The number of nitrogens with one attached hydrogen (secondary N) is 1. The second kappa shape index (κ2) is 5.15. The summed E-state index contributed by atoms with van der Waals surface area (Å²) in [5, 5.41) is 4.94. The van der Waals surface area contributed by atoms with E-state index in [1.54, 1.807) is 18.5 Å². The molecule has 0 fully saturated rings. The number of rotatable bonds is 2. The average molecular weight is 335 g/mol. The molecule has 0 aliphatic heterocycles. The normalized spacial score (nSPS) is 10.6. The second-order valence-corrected chi connectivity index (χ2v) is 5.28. The fraction of sp³-hybridized carbons (Fsp3) is 0. The van der Waals surface area contributed by atoms with Gasteiger partial charge in [-0.3, -0.25) is 4.98 Å². The van der Waals surface area contributed by atoms with Crippen molar-refractivity contribution in [2.75, 3.05) is 5.32 Å². The zero-order chi connectivity index (χ0) is 13.2. The molecule has 0 aliphatic carbocycles. The third-order valence-electron chi connectivity index (χ3n) is 2.69. The van der Waals surface area contributed by atoms with Gasteiger partial charge in [-0.25, -0.2) is 4.98 Å². The van der Waals surface area contributed by atoms with E-state index in [-0.39, 0.29) is 0 Å². The van der Waals surface area contributed by atoms with Crippen molar-refractivity contribution in [1.29, 1.82) is 0 Å². The molecule has 1 N–H and O–H groups in total. The topological polar surface area (TPSA) is 37.8 Å². The molecular weight excluding hydrogens is 326 g/mol. The van der Waals surface area contributed by atoms with E-state index in [0.29, 0.717) is 10.8 Å². The molecule has 0 aliphatic rings. The third kappa shape index (κ3) is 2.55. The molecule has 0 spiro atoms. The third-order valence-corrected chi connectivity index (χ3v) is 3.50. The predicted octanol–water partition coefficient (Wildman–Crippen LogP) is 4.79. The number of nitrogens with zero attached hydrogens (tertiary/aromatic N) is 2. The van der Waals surface area contributed by atoms with E-state index in [4.69, 9.17) is 11.6 Å². The highest BCUT2D eigenvalue weighted by molar-refractivity contribution is 9.10. The first-order valence-corrected chi connectivity index (χ1v) is 6.83. The number of fused-ring (bicyclic) bond motifs is 1. The van der Waals surface area contributed by atoms with Gasteiger partial charge in [0.25, 0.3) is 0 Å². The van der Waals surface area contributed by atoms with Crippen molar-refractivity contribution < 1.29 is 0 Å². The Morgan fingerprint density at radius 1 is 1.11 bits per heavy atom. The van der Waals surface area contributed by atoms with Gasteiger partial charge in [-0.05, 0) is 34.1 Å². The van der Waals surface area contributed by atoms with Gasteiger partial charge in [0.1, 0.15) is 5.82 Å². The summed E-state index contributed by atoms with van der Waals surface area (Å²) >= 11 is 9.32. The summed E-state index contributed by atoms with van der Waals surface area (Å²) in [6.07, 6.45) is 3.38. The fourth-order valence-electron chi connectivity index (χ4n) is 1.84. The Balaban J connectivity index is 2.06.